The van der Waals surface area contributed by atoms with E-state index < -0.39 is 16.7 Å². The lowest BCUT2D eigenvalue weighted by Crippen LogP contribution is -2.48. The molecular formula is C32H38BN3O2. The van der Waals surface area contributed by atoms with E-state index in [1.165, 1.54) is 12.4 Å². The fourth-order valence-corrected chi connectivity index (χ4v) is 4.21. The molecule has 6 heteroatoms. The minimum Gasteiger partial charge on any atom is -0.427 e. The van der Waals surface area contributed by atoms with Crippen molar-refractivity contribution in [2.24, 2.45) is 5.73 Å². The van der Waals surface area contributed by atoms with Crippen molar-refractivity contribution in [3.8, 4) is 0 Å². The summed E-state index contributed by atoms with van der Waals surface area (Å²) in [5, 5.41) is 22.6. The Kier molecular flexibility index (Phi) is 9.15. The first-order valence-corrected chi connectivity index (χ1v) is 12.7. The molecule has 3 rings (SSSR count). The molecule has 0 spiro atoms. The van der Waals surface area contributed by atoms with Crippen LogP contribution in [0.1, 0.15) is 44.4 Å². The number of hydrogen-bond donors (Lipinski definition) is 4. The first kappa shape index (κ1) is 28.7. The number of nitrogens with one attached hydrogen (secondary N) is 2. The van der Waals surface area contributed by atoms with E-state index in [2.05, 4.69) is 48.3 Å². The number of rotatable bonds is 12. The Balaban J connectivity index is 2.17. The number of benzene rings is 3. The van der Waals surface area contributed by atoms with Gasteiger partial charge in [-0.2, -0.15) is 0 Å². The van der Waals surface area contributed by atoms with Crippen molar-refractivity contribution in [3.05, 3.63) is 143 Å². The Morgan fingerprint density at radius 3 is 1.63 bits per heavy atom. The van der Waals surface area contributed by atoms with Crippen LogP contribution in [-0.4, -0.2) is 30.0 Å². The van der Waals surface area contributed by atoms with Crippen LogP contribution in [0.5, 0.6) is 0 Å². The predicted molar refractivity (Wildman–Crippen MR) is 159 cm³/mol. The number of nitrogens with two attached hydrogens (primary N) is 1. The Labute approximate surface area is 227 Å². The van der Waals surface area contributed by atoms with Crippen LogP contribution in [0.4, 0.5) is 0 Å². The lowest BCUT2D eigenvalue weighted by atomic mass is 9.75. The summed E-state index contributed by atoms with van der Waals surface area (Å²) in [6, 6.07) is 30.6. The van der Waals surface area contributed by atoms with Crippen molar-refractivity contribution in [3.63, 3.8) is 0 Å². The highest BCUT2D eigenvalue weighted by Gasteiger charge is 2.38. The van der Waals surface area contributed by atoms with Gasteiger partial charge in [0.05, 0.1) is 11.2 Å². The van der Waals surface area contributed by atoms with Crippen molar-refractivity contribution in [1.82, 2.24) is 5.32 Å². The fraction of sp³-hybridized carbons (Fsp3) is 0.219. The van der Waals surface area contributed by atoms with Gasteiger partial charge in [0.1, 0.15) is 5.54 Å². The molecule has 0 saturated carbocycles. The molecule has 0 amide bonds. The first-order chi connectivity index (χ1) is 18.1. The molecule has 0 atom stereocenters. The Morgan fingerprint density at radius 2 is 1.29 bits per heavy atom. The van der Waals surface area contributed by atoms with Crippen LogP contribution < -0.4 is 11.1 Å². The summed E-state index contributed by atoms with van der Waals surface area (Å²) in [7, 11) is 0.130. The van der Waals surface area contributed by atoms with Crippen molar-refractivity contribution in [1.29, 1.82) is 5.41 Å². The normalized spacial score (nSPS) is 13.1. The van der Waals surface area contributed by atoms with Gasteiger partial charge in [0.25, 0.3) is 0 Å². The molecule has 0 bridgehead atoms. The zero-order valence-corrected chi connectivity index (χ0v) is 22.7. The predicted octanol–water partition coefficient (Wildman–Crippen LogP) is 5.38. The highest BCUT2D eigenvalue weighted by atomic mass is 16.5. The van der Waals surface area contributed by atoms with E-state index in [0.29, 0.717) is 16.7 Å². The van der Waals surface area contributed by atoms with E-state index >= 15 is 0 Å². The standard InChI is InChI=1S/C32H38BN3O2/c1-24(28(23-35)29(21-22-34)33-38-31(4,5)30(2,3)37)36-32(25-15-9-6-10-16-25,26-17-11-7-12-18-26)27-19-13-8-14-20-27/h6-23,33,35-37H,1,34H2,2-5H3/b22-21-,29-28+,35-23?. The zero-order chi connectivity index (χ0) is 27.8. The largest absolute Gasteiger partial charge is 0.427 e. The molecule has 0 heterocycles. The van der Waals surface area contributed by atoms with Gasteiger partial charge in [-0.15, -0.1) is 0 Å². The molecule has 0 unspecified atom stereocenters. The first-order valence-electron chi connectivity index (χ1n) is 12.7. The summed E-state index contributed by atoms with van der Waals surface area (Å²) < 4.78 is 6.14. The van der Waals surface area contributed by atoms with Gasteiger partial charge in [-0.1, -0.05) is 97.6 Å². The molecule has 0 fully saturated rings. The highest BCUT2D eigenvalue weighted by Crippen LogP contribution is 2.38. The highest BCUT2D eigenvalue weighted by molar-refractivity contribution is 6.41. The third-order valence-electron chi connectivity index (χ3n) is 7.13. The van der Waals surface area contributed by atoms with Crippen LogP contribution in [0.15, 0.2) is 127 Å². The Hall–Kier alpha value is -3.87. The molecule has 0 aliphatic heterocycles. The topological polar surface area (TPSA) is 91.4 Å². The minimum atomic E-state index is -1.08. The number of aliphatic hydroxyl groups is 1. The van der Waals surface area contributed by atoms with Crippen LogP contribution >= 0.6 is 0 Å². The average molecular weight is 507 g/mol. The monoisotopic (exact) mass is 507 g/mol. The van der Waals surface area contributed by atoms with Gasteiger partial charge in [-0.05, 0) is 62.1 Å². The second-order valence-corrected chi connectivity index (χ2v) is 10.3. The number of allylic oxidation sites excluding steroid dienone is 3. The van der Waals surface area contributed by atoms with Gasteiger partial charge >= 0.3 is 7.48 Å². The maximum Gasteiger partial charge on any atom is 0.310 e. The quantitative estimate of drug-likeness (QED) is 0.115. The van der Waals surface area contributed by atoms with E-state index in [-0.39, 0.29) is 7.48 Å². The molecule has 0 aliphatic carbocycles. The molecule has 0 saturated heterocycles. The summed E-state index contributed by atoms with van der Waals surface area (Å²) in [6.45, 7) is 11.5. The van der Waals surface area contributed by atoms with Crippen LogP contribution in [0.25, 0.3) is 0 Å². The smallest absolute Gasteiger partial charge is 0.310 e. The number of hydrogen-bond acceptors (Lipinski definition) is 5. The van der Waals surface area contributed by atoms with E-state index in [1.807, 2.05) is 68.4 Å². The van der Waals surface area contributed by atoms with Gasteiger partial charge in [0.2, 0.25) is 0 Å². The van der Waals surface area contributed by atoms with Crippen molar-refractivity contribution in [2.75, 3.05) is 0 Å². The van der Waals surface area contributed by atoms with Crippen molar-refractivity contribution >= 4 is 13.7 Å². The molecule has 0 radical (unpaired) electrons. The summed E-state index contributed by atoms with van der Waals surface area (Å²) >= 11 is 0. The van der Waals surface area contributed by atoms with E-state index in [1.54, 1.807) is 19.9 Å². The molecule has 3 aromatic carbocycles. The summed E-state index contributed by atoms with van der Waals surface area (Å²) in [5.74, 6) is 0. The zero-order valence-electron chi connectivity index (χ0n) is 22.7. The minimum absolute atomic E-state index is 0.130. The van der Waals surface area contributed by atoms with Gasteiger partial charge in [0, 0.05) is 17.5 Å². The molecule has 5 N–H and O–H groups in total. The summed E-state index contributed by atoms with van der Waals surface area (Å²) in [5.41, 5.74) is 7.92. The van der Waals surface area contributed by atoms with E-state index in [0.717, 1.165) is 16.7 Å². The maximum atomic E-state index is 10.6. The van der Waals surface area contributed by atoms with Crippen LogP contribution in [0.3, 0.4) is 0 Å². The second kappa shape index (κ2) is 12.1. The Morgan fingerprint density at radius 1 is 0.868 bits per heavy atom. The molecule has 0 aromatic heterocycles. The van der Waals surface area contributed by atoms with Gasteiger partial charge in [-0.25, -0.2) is 0 Å². The Bertz CT molecular complexity index is 1180. The summed E-state index contributed by atoms with van der Waals surface area (Å²) in [4.78, 5) is 0. The SMILES string of the molecule is C=C(NC(c1ccccc1)(c1ccccc1)c1ccccc1)/C(C=N)=C(BOC(C)(C)C(C)(C)O)\C=C/N. The third-order valence-corrected chi connectivity index (χ3v) is 7.13. The molecule has 3 aromatic rings. The van der Waals surface area contributed by atoms with Crippen LogP contribution in [-0.2, 0) is 10.2 Å². The van der Waals surface area contributed by atoms with Gasteiger partial charge < -0.3 is 26.2 Å². The summed E-state index contributed by atoms with van der Waals surface area (Å²) in [6.07, 6.45) is 4.39. The van der Waals surface area contributed by atoms with E-state index in [4.69, 9.17) is 15.8 Å². The average Bonchev–Trinajstić information content (AvgIpc) is 2.91. The van der Waals surface area contributed by atoms with Crippen molar-refractivity contribution in [2.45, 2.75) is 44.4 Å². The molecule has 0 aliphatic rings. The fourth-order valence-electron chi connectivity index (χ4n) is 4.21. The van der Waals surface area contributed by atoms with E-state index in [9.17, 15) is 5.11 Å². The molecule has 196 valence electrons. The molecule has 38 heavy (non-hydrogen) atoms. The third kappa shape index (κ3) is 6.16. The molecular weight excluding hydrogens is 469 g/mol. The van der Waals surface area contributed by atoms with Gasteiger partial charge in [0.15, 0.2) is 0 Å². The van der Waals surface area contributed by atoms with Gasteiger partial charge in [-0.3, -0.25) is 0 Å². The second-order valence-electron chi connectivity index (χ2n) is 10.3. The lowest BCUT2D eigenvalue weighted by molar-refractivity contribution is -0.0896. The molecule has 5 nitrogen and oxygen atoms in total. The maximum absolute atomic E-state index is 10.6. The lowest BCUT2D eigenvalue weighted by Gasteiger charge is -2.39. The van der Waals surface area contributed by atoms with Crippen LogP contribution in [0, 0.1) is 5.41 Å². The van der Waals surface area contributed by atoms with Crippen molar-refractivity contribution < 1.29 is 9.76 Å². The van der Waals surface area contributed by atoms with Crippen LogP contribution in [0.2, 0.25) is 0 Å².